The van der Waals surface area contributed by atoms with Crippen LogP contribution in [-0.2, 0) is 11.2 Å². The van der Waals surface area contributed by atoms with Crippen molar-refractivity contribution in [1.82, 2.24) is 19.7 Å². The first-order chi connectivity index (χ1) is 12.7. The van der Waals surface area contributed by atoms with Crippen molar-refractivity contribution in [3.63, 3.8) is 0 Å². The van der Waals surface area contributed by atoms with Gasteiger partial charge in [-0.1, -0.05) is 12.1 Å². The van der Waals surface area contributed by atoms with E-state index in [4.69, 9.17) is 4.74 Å². The van der Waals surface area contributed by atoms with E-state index in [1.165, 1.54) is 0 Å². The van der Waals surface area contributed by atoms with Crippen LogP contribution < -0.4 is 5.32 Å². The summed E-state index contributed by atoms with van der Waals surface area (Å²) in [6.45, 7) is 2.76. The second-order valence-electron chi connectivity index (χ2n) is 6.68. The summed E-state index contributed by atoms with van der Waals surface area (Å²) in [5.74, 6) is 0.664. The number of imidazole rings is 1. The lowest BCUT2D eigenvalue weighted by Crippen LogP contribution is -2.41. The molecule has 26 heavy (non-hydrogen) atoms. The van der Waals surface area contributed by atoms with E-state index in [1.54, 1.807) is 6.20 Å². The second-order valence-corrected chi connectivity index (χ2v) is 6.68. The predicted molar refractivity (Wildman–Crippen MR) is 98.1 cm³/mol. The van der Waals surface area contributed by atoms with Crippen molar-refractivity contribution in [3.8, 4) is 0 Å². The second kappa shape index (κ2) is 7.25. The molecule has 4 rings (SSSR count). The Bertz CT molecular complexity index is 901. The maximum Gasteiger partial charge on any atom is 0.272 e. The van der Waals surface area contributed by atoms with Gasteiger partial charge in [0.2, 0.25) is 0 Å². The van der Waals surface area contributed by atoms with E-state index < -0.39 is 0 Å². The molecule has 0 aromatic carbocycles. The lowest BCUT2D eigenvalue weighted by Gasteiger charge is -2.19. The number of hydrogen-bond donors (Lipinski definition) is 1. The number of hydrogen-bond acceptors (Lipinski definition) is 4. The van der Waals surface area contributed by atoms with Crippen molar-refractivity contribution < 1.29 is 9.53 Å². The van der Waals surface area contributed by atoms with Crippen LogP contribution in [0.3, 0.4) is 0 Å². The van der Waals surface area contributed by atoms with Gasteiger partial charge in [0.15, 0.2) is 5.69 Å². The molecule has 2 atom stereocenters. The number of pyridine rings is 2. The average Bonchev–Trinajstić information content (AvgIpc) is 3.31. The molecule has 1 aliphatic rings. The number of ether oxygens (including phenoxy) is 1. The third-order valence-corrected chi connectivity index (χ3v) is 4.80. The SMILES string of the molecule is CC(NC(=O)c1nc(Cc2cccnc2)n2ccccc12)C1CCCO1. The summed E-state index contributed by atoms with van der Waals surface area (Å²) in [6.07, 6.45) is 8.25. The molecule has 0 radical (unpaired) electrons. The standard InChI is InChI=1S/C20H22N4O2/c1-14(17-8-5-11-26-17)22-20(25)19-16-7-2-3-10-24(16)18(23-19)12-15-6-4-9-21-13-15/h2-4,6-7,9-10,13-14,17H,5,8,11-12H2,1H3,(H,22,25). The van der Waals surface area contributed by atoms with Crippen molar-refractivity contribution in [2.24, 2.45) is 0 Å². The number of aromatic nitrogens is 3. The Balaban J connectivity index is 1.61. The first-order valence-corrected chi connectivity index (χ1v) is 8.99. The molecule has 0 aliphatic carbocycles. The van der Waals surface area contributed by atoms with Crippen LogP contribution in [0.4, 0.5) is 0 Å². The summed E-state index contributed by atoms with van der Waals surface area (Å²) in [5.41, 5.74) is 2.32. The van der Waals surface area contributed by atoms with E-state index >= 15 is 0 Å². The Labute approximate surface area is 152 Å². The van der Waals surface area contributed by atoms with E-state index in [-0.39, 0.29) is 18.1 Å². The Morgan fingerprint density at radius 3 is 3.08 bits per heavy atom. The quantitative estimate of drug-likeness (QED) is 0.768. The Morgan fingerprint density at radius 1 is 1.38 bits per heavy atom. The molecule has 1 amide bonds. The number of carbonyl (C=O) groups is 1. The van der Waals surface area contributed by atoms with Gasteiger partial charge in [0.1, 0.15) is 5.82 Å². The maximum atomic E-state index is 12.8. The van der Waals surface area contributed by atoms with E-state index in [1.807, 2.05) is 54.0 Å². The smallest absolute Gasteiger partial charge is 0.272 e. The minimum Gasteiger partial charge on any atom is -0.376 e. The minimum atomic E-state index is -0.158. The van der Waals surface area contributed by atoms with Gasteiger partial charge >= 0.3 is 0 Å². The number of fused-ring (bicyclic) bond motifs is 1. The number of carbonyl (C=O) groups excluding carboxylic acids is 1. The molecule has 1 N–H and O–H groups in total. The molecule has 2 unspecified atom stereocenters. The summed E-state index contributed by atoms with van der Waals surface area (Å²) in [7, 11) is 0. The van der Waals surface area contributed by atoms with Crippen molar-refractivity contribution in [2.75, 3.05) is 6.61 Å². The summed E-state index contributed by atoms with van der Waals surface area (Å²) >= 11 is 0. The first kappa shape index (κ1) is 16.7. The largest absolute Gasteiger partial charge is 0.376 e. The van der Waals surface area contributed by atoms with Gasteiger partial charge < -0.3 is 14.5 Å². The zero-order valence-corrected chi connectivity index (χ0v) is 14.8. The van der Waals surface area contributed by atoms with Gasteiger partial charge in [-0.2, -0.15) is 0 Å². The Hall–Kier alpha value is -2.73. The van der Waals surface area contributed by atoms with Gasteiger partial charge in [-0.15, -0.1) is 0 Å². The van der Waals surface area contributed by atoms with Crippen LogP contribution in [0.15, 0.2) is 48.9 Å². The van der Waals surface area contributed by atoms with Crippen molar-refractivity contribution in [1.29, 1.82) is 0 Å². The highest BCUT2D eigenvalue weighted by Gasteiger charge is 2.26. The molecule has 6 heteroatoms. The molecule has 0 bridgehead atoms. The molecule has 134 valence electrons. The first-order valence-electron chi connectivity index (χ1n) is 8.99. The van der Waals surface area contributed by atoms with E-state index in [0.29, 0.717) is 12.1 Å². The normalized spacial score (nSPS) is 18.1. The van der Waals surface area contributed by atoms with Crippen LogP contribution in [0.5, 0.6) is 0 Å². The van der Waals surface area contributed by atoms with Gasteiger partial charge in [-0.05, 0) is 43.5 Å². The van der Waals surface area contributed by atoms with Crippen molar-refractivity contribution >= 4 is 11.4 Å². The molecule has 4 heterocycles. The Kier molecular flexibility index (Phi) is 4.67. The Morgan fingerprint density at radius 2 is 2.31 bits per heavy atom. The predicted octanol–water partition coefficient (Wildman–Crippen LogP) is 2.62. The number of nitrogens with zero attached hydrogens (tertiary/aromatic N) is 3. The summed E-state index contributed by atoms with van der Waals surface area (Å²) in [4.78, 5) is 21.6. The highest BCUT2D eigenvalue weighted by Crippen LogP contribution is 2.18. The van der Waals surface area contributed by atoms with Gasteiger partial charge in [0.05, 0.1) is 17.7 Å². The third-order valence-electron chi connectivity index (χ3n) is 4.80. The third kappa shape index (κ3) is 3.32. The highest BCUT2D eigenvalue weighted by molar-refractivity contribution is 5.99. The molecule has 1 aliphatic heterocycles. The van der Waals surface area contributed by atoms with Crippen molar-refractivity contribution in [3.05, 3.63) is 66.0 Å². The number of rotatable bonds is 5. The molecule has 0 spiro atoms. The molecule has 0 saturated carbocycles. The summed E-state index contributed by atoms with van der Waals surface area (Å²) in [5, 5.41) is 3.06. The molecule has 1 saturated heterocycles. The zero-order valence-electron chi connectivity index (χ0n) is 14.8. The van der Waals surface area contributed by atoms with Crippen LogP contribution in [-0.4, -0.2) is 39.0 Å². The molecule has 3 aromatic rings. The fourth-order valence-corrected chi connectivity index (χ4v) is 3.44. The van der Waals surface area contributed by atoms with Crippen LogP contribution in [0.2, 0.25) is 0 Å². The van der Waals surface area contributed by atoms with Gasteiger partial charge in [-0.25, -0.2) is 4.98 Å². The van der Waals surface area contributed by atoms with Gasteiger partial charge in [0, 0.05) is 31.6 Å². The maximum absolute atomic E-state index is 12.8. The average molecular weight is 350 g/mol. The molecule has 6 nitrogen and oxygen atoms in total. The molecular formula is C20H22N4O2. The van der Waals surface area contributed by atoms with Crippen LogP contribution in [0.1, 0.15) is 41.6 Å². The van der Waals surface area contributed by atoms with E-state index in [9.17, 15) is 4.79 Å². The zero-order chi connectivity index (χ0) is 17.9. The summed E-state index contributed by atoms with van der Waals surface area (Å²) < 4.78 is 7.65. The topological polar surface area (TPSA) is 68.5 Å². The lowest BCUT2D eigenvalue weighted by molar-refractivity contribution is 0.0710. The highest BCUT2D eigenvalue weighted by atomic mass is 16.5. The van der Waals surface area contributed by atoms with Gasteiger partial charge in [0.25, 0.3) is 5.91 Å². The van der Waals surface area contributed by atoms with Crippen LogP contribution in [0, 0.1) is 0 Å². The van der Waals surface area contributed by atoms with Crippen LogP contribution in [0.25, 0.3) is 5.52 Å². The molecule has 1 fully saturated rings. The lowest BCUT2D eigenvalue weighted by atomic mass is 10.1. The van der Waals surface area contributed by atoms with E-state index in [0.717, 1.165) is 36.4 Å². The monoisotopic (exact) mass is 350 g/mol. The van der Waals surface area contributed by atoms with Crippen molar-refractivity contribution in [2.45, 2.75) is 38.3 Å². The fourth-order valence-electron chi connectivity index (χ4n) is 3.44. The fraction of sp³-hybridized carbons (Fsp3) is 0.350. The van der Waals surface area contributed by atoms with Gasteiger partial charge in [-0.3, -0.25) is 9.78 Å². The number of amides is 1. The summed E-state index contributed by atoms with van der Waals surface area (Å²) in [6, 6.07) is 9.67. The minimum absolute atomic E-state index is 0.0350. The van der Waals surface area contributed by atoms with E-state index in [2.05, 4.69) is 15.3 Å². The van der Waals surface area contributed by atoms with Crippen LogP contribution >= 0.6 is 0 Å². The molecule has 3 aromatic heterocycles. The number of nitrogens with one attached hydrogen (secondary N) is 1. The molecular weight excluding hydrogens is 328 g/mol.